The van der Waals surface area contributed by atoms with Crippen LogP contribution < -0.4 is 0 Å². The summed E-state index contributed by atoms with van der Waals surface area (Å²) in [6.45, 7) is 3.80. The topological polar surface area (TPSA) is 29.4 Å². The van der Waals surface area contributed by atoms with Gasteiger partial charge in [-0.25, -0.2) is 4.79 Å². The molecule has 0 atom stereocenters. The van der Waals surface area contributed by atoms with Gasteiger partial charge in [0, 0.05) is 3.57 Å². The molecule has 0 saturated carbocycles. The third-order valence-electron chi connectivity index (χ3n) is 1.86. The molecule has 0 spiro atoms. The van der Waals surface area contributed by atoms with Crippen molar-refractivity contribution in [1.29, 1.82) is 0 Å². The fourth-order valence-corrected chi connectivity index (χ4v) is 2.18. The maximum Gasteiger partial charge on any atom is 0.235 e. The van der Waals surface area contributed by atoms with Crippen molar-refractivity contribution in [1.82, 2.24) is 0 Å². The lowest BCUT2D eigenvalue weighted by atomic mass is 9.95. The molecule has 0 aliphatic heterocycles. The molecule has 0 aliphatic rings. The zero-order chi connectivity index (χ0) is 9.90. The molecule has 13 heavy (non-hydrogen) atoms. The first kappa shape index (κ1) is 10.4. The highest BCUT2D eigenvalue weighted by molar-refractivity contribution is 14.1. The first-order chi connectivity index (χ1) is 6.08. The van der Waals surface area contributed by atoms with Crippen molar-refractivity contribution >= 4 is 28.7 Å². The van der Waals surface area contributed by atoms with E-state index in [1.165, 1.54) is 0 Å². The van der Waals surface area contributed by atoms with Crippen LogP contribution in [0.1, 0.15) is 19.4 Å². The molecule has 2 nitrogen and oxygen atoms in total. The molecule has 1 aromatic carbocycles. The average molecular weight is 287 g/mol. The predicted octanol–water partition coefficient (Wildman–Crippen LogP) is 2.86. The average Bonchev–Trinajstić information content (AvgIpc) is 2.04. The molecule has 0 bridgehead atoms. The Kier molecular flexibility index (Phi) is 3.22. The number of aliphatic imine (C=N–C) groups is 1. The van der Waals surface area contributed by atoms with Crippen molar-refractivity contribution in [3.63, 3.8) is 0 Å². The number of hydrogen-bond acceptors (Lipinski definition) is 2. The van der Waals surface area contributed by atoms with Gasteiger partial charge in [-0.1, -0.05) is 18.2 Å². The standard InChI is InChI=1S/C10H10INO/c1-10(2,12-7-13)8-5-3-4-6-9(8)11/h3-6H,1-2H3. The fraction of sp³-hybridized carbons (Fsp3) is 0.300. The molecule has 68 valence electrons. The maximum absolute atomic E-state index is 10.2. The lowest BCUT2D eigenvalue weighted by molar-refractivity contribution is 0.521. The van der Waals surface area contributed by atoms with Gasteiger partial charge in [-0.3, -0.25) is 0 Å². The zero-order valence-corrected chi connectivity index (χ0v) is 9.70. The van der Waals surface area contributed by atoms with E-state index < -0.39 is 5.54 Å². The van der Waals surface area contributed by atoms with Gasteiger partial charge in [-0.05, 0) is 48.1 Å². The van der Waals surface area contributed by atoms with Crippen LogP contribution in [0.15, 0.2) is 29.3 Å². The molecular weight excluding hydrogens is 277 g/mol. The number of nitrogens with zero attached hydrogens (tertiary/aromatic N) is 1. The van der Waals surface area contributed by atoms with Crippen molar-refractivity contribution in [3.05, 3.63) is 33.4 Å². The van der Waals surface area contributed by atoms with Crippen molar-refractivity contribution in [2.24, 2.45) is 4.99 Å². The molecule has 3 heteroatoms. The minimum atomic E-state index is -0.473. The van der Waals surface area contributed by atoms with Crippen LogP contribution in [0, 0.1) is 3.57 Å². The number of carbonyl (C=O) groups excluding carboxylic acids is 1. The summed E-state index contributed by atoms with van der Waals surface area (Å²) in [6.07, 6.45) is 1.61. The van der Waals surface area contributed by atoms with E-state index in [0.29, 0.717) is 0 Å². The summed E-state index contributed by atoms with van der Waals surface area (Å²) in [5, 5.41) is 0. The summed E-state index contributed by atoms with van der Waals surface area (Å²) in [7, 11) is 0. The van der Waals surface area contributed by atoms with Gasteiger partial charge in [0.25, 0.3) is 0 Å². The van der Waals surface area contributed by atoms with Crippen LogP contribution >= 0.6 is 22.6 Å². The molecule has 1 rings (SSSR count). The van der Waals surface area contributed by atoms with Crippen LogP contribution in [0.3, 0.4) is 0 Å². The Hall–Kier alpha value is -0.670. The summed E-state index contributed by atoms with van der Waals surface area (Å²) in [5.41, 5.74) is 0.582. The minimum absolute atomic E-state index is 0.473. The Morgan fingerprint density at radius 3 is 2.54 bits per heavy atom. The van der Waals surface area contributed by atoms with Crippen LogP contribution in [0.2, 0.25) is 0 Å². The predicted molar refractivity (Wildman–Crippen MR) is 60.3 cm³/mol. The monoisotopic (exact) mass is 287 g/mol. The van der Waals surface area contributed by atoms with Crippen LogP contribution in [0.25, 0.3) is 0 Å². The third kappa shape index (κ3) is 2.39. The van der Waals surface area contributed by atoms with Gasteiger partial charge in [0.2, 0.25) is 6.08 Å². The highest BCUT2D eigenvalue weighted by Crippen LogP contribution is 2.27. The van der Waals surface area contributed by atoms with E-state index in [-0.39, 0.29) is 0 Å². The molecule has 0 amide bonds. The lowest BCUT2D eigenvalue weighted by Gasteiger charge is -2.19. The molecule has 0 saturated heterocycles. The van der Waals surface area contributed by atoms with Crippen molar-refractivity contribution in [2.45, 2.75) is 19.4 Å². The SMILES string of the molecule is CC(C)(N=C=O)c1ccccc1I. The highest BCUT2D eigenvalue weighted by atomic mass is 127. The van der Waals surface area contributed by atoms with Gasteiger partial charge in [0.1, 0.15) is 0 Å². The molecule has 0 fully saturated rings. The van der Waals surface area contributed by atoms with Gasteiger partial charge in [0.15, 0.2) is 0 Å². The van der Waals surface area contributed by atoms with Crippen molar-refractivity contribution < 1.29 is 4.79 Å². The van der Waals surface area contributed by atoms with Gasteiger partial charge >= 0.3 is 0 Å². The Morgan fingerprint density at radius 1 is 1.38 bits per heavy atom. The van der Waals surface area contributed by atoms with Crippen LogP contribution in [-0.4, -0.2) is 6.08 Å². The molecule has 0 N–H and O–H groups in total. The summed E-state index contributed by atoms with van der Waals surface area (Å²) in [5.74, 6) is 0. The fourth-order valence-electron chi connectivity index (χ4n) is 1.13. The Labute approximate surface area is 91.2 Å². The third-order valence-corrected chi connectivity index (χ3v) is 2.80. The van der Waals surface area contributed by atoms with Gasteiger partial charge in [0.05, 0.1) is 5.54 Å². The summed E-state index contributed by atoms with van der Waals surface area (Å²) >= 11 is 2.24. The van der Waals surface area contributed by atoms with Crippen LogP contribution in [0.5, 0.6) is 0 Å². The Morgan fingerprint density at radius 2 is 2.00 bits per heavy atom. The maximum atomic E-state index is 10.2. The van der Waals surface area contributed by atoms with E-state index in [2.05, 4.69) is 27.6 Å². The summed E-state index contributed by atoms with van der Waals surface area (Å²) < 4.78 is 1.11. The van der Waals surface area contributed by atoms with Crippen LogP contribution in [-0.2, 0) is 10.3 Å². The van der Waals surface area contributed by atoms with E-state index in [1.807, 2.05) is 38.1 Å². The molecule has 0 aliphatic carbocycles. The zero-order valence-electron chi connectivity index (χ0n) is 7.54. The molecule has 0 unspecified atom stereocenters. The number of rotatable bonds is 2. The second-order valence-corrected chi connectivity index (χ2v) is 4.40. The first-order valence-corrected chi connectivity index (χ1v) is 5.00. The van der Waals surface area contributed by atoms with E-state index >= 15 is 0 Å². The van der Waals surface area contributed by atoms with Crippen LogP contribution in [0.4, 0.5) is 0 Å². The van der Waals surface area contributed by atoms with Crippen molar-refractivity contribution in [2.75, 3.05) is 0 Å². The minimum Gasteiger partial charge on any atom is -0.211 e. The number of isocyanates is 1. The molecular formula is C10H10INO. The number of hydrogen-bond donors (Lipinski definition) is 0. The highest BCUT2D eigenvalue weighted by Gasteiger charge is 2.21. The van der Waals surface area contributed by atoms with Crippen molar-refractivity contribution in [3.8, 4) is 0 Å². The Balaban J connectivity index is 3.21. The smallest absolute Gasteiger partial charge is 0.211 e. The first-order valence-electron chi connectivity index (χ1n) is 3.92. The second-order valence-electron chi connectivity index (χ2n) is 3.24. The second kappa shape index (κ2) is 4.03. The number of halogens is 1. The lowest BCUT2D eigenvalue weighted by Crippen LogP contribution is -2.14. The molecule has 0 aromatic heterocycles. The van der Waals surface area contributed by atoms with E-state index in [9.17, 15) is 4.79 Å². The van der Waals surface area contributed by atoms with Gasteiger partial charge in [-0.15, -0.1) is 0 Å². The summed E-state index contributed by atoms with van der Waals surface area (Å²) in [4.78, 5) is 14.0. The summed E-state index contributed by atoms with van der Waals surface area (Å²) in [6, 6.07) is 7.88. The van der Waals surface area contributed by atoms with E-state index in [4.69, 9.17) is 0 Å². The quantitative estimate of drug-likeness (QED) is 0.467. The van der Waals surface area contributed by atoms with E-state index in [1.54, 1.807) is 6.08 Å². The largest absolute Gasteiger partial charge is 0.235 e. The normalized spacial score (nSPS) is 10.7. The van der Waals surface area contributed by atoms with Gasteiger partial charge in [-0.2, -0.15) is 4.99 Å². The molecule has 0 heterocycles. The number of benzene rings is 1. The molecule has 0 radical (unpaired) electrons. The molecule has 1 aromatic rings. The Bertz CT molecular complexity index is 354. The van der Waals surface area contributed by atoms with Gasteiger partial charge < -0.3 is 0 Å². The van der Waals surface area contributed by atoms with E-state index in [0.717, 1.165) is 9.13 Å².